The van der Waals surface area contributed by atoms with E-state index in [0.717, 1.165) is 18.5 Å². The topological polar surface area (TPSA) is 68.3 Å². The highest BCUT2D eigenvalue weighted by Gasteiger charge is 2.30. The van der Waals surface area contributed by atoms with Gasteiger partial charge in [0.2, 0.25) is 10.0 Å². The summed E-state index contributed by atoms with van der Waals surface area (Å²) >= 11 is 0. The van der Waals surface area contributed by atoms with E-state index in [9.17, 15) is 8.42 Å². The number of hydrogen-bond donors (Lipinski definition) is 1. The lowest BCUT2D eigenvalue weighted by Crippen LogP contribution is -2.31. The Balaban J connectivity index is 2.36. The van der Waals surface area contributed by atoms with Crippen LogP contribution in [-0.4, -0.2) is 30.4 Å². The highest BCUT2D eigenvalue weighted by atomic mass is 32.2. The third kappa shape index (κ3) is 2.87. The summed E-state index contributed by atoms with van der Waals surface area (Å²) in [6.07, 6.45) is 7.02. The monoisotopic (exact) mass is 295 g/mol. The second-order valence-electron chi connectivity index (χ2n) is 4.91. The number of nitrogens with two attached hydrogens (primary N) is 1. The molecule has 20 heavy (non-hydrogen) atoms. The second-order valence-corrected chi connectivity index (χ2v) is 6.85. The number of rotatable bonds is 8. The van der Waals surface area contributed by atoms with Gasteiger partial charge in [0.15, 0.2) is 0 Å². The molecule has 0 amide bonds. The number of aromatic nitrogens is 1. The molecule has 1 aliphatic carbocycles. The average molecular weight is 295 g/mol. The van der Waals surface area contributed by atoms with Gasteiger partial charge >= 0.3 is 0 Å². The minimum absolute atomic E-state index is 0.265. The van der Waals surface area contributed by atoms with Crippen molar-refractivity contribution in [2.45, 2.75) is 30.3 Å². The van der Waals surface area contributed by atoms with Crippen molar-refractivity contribution in [1.29, 1.82) is 0 Å². The molecule has 0 bridgehead atoms. The lowest BCUT2D eigenvalue weighted by Gasteiger charge is -2.17. The van der Waals surface area contributed by atoms with Crippen molar-refractivity contribution >= 4 is 10.0 Å². The predicted molar refractivity (Wildman–Crippen MR) is 79.7 cm³/mol. The summed E-state index contributed by atoms with van der Waals surface area (Å²) in [7, 11) is -3.53. The maximum Gasteiger partial charge on any atom is 0.245 e. The van der Waals surface area contributed by atoms with E-state index in [1.807, 2.05) is 4.57 Å². The van der Waals surface area contributed by atoms with Gasteiger partial charge in [-0.1, -0.05) is 12.2 Å². The summed E-state index contributed by atoms with van der Waals surface area (Å²) in [5.74, 6) is 0. The standard InChI is InChI=1S/C14H21N3O2S/c1-3-7-16(8-4-2)20(18,19)14-9-13(10-15)17(11-14)12-5-6-12/h3-4,9,11-12H,1-2,5-8,10,15H2. The molecule has 1 saturated carbocycles. The molecule has 1 aromatic heterocycles. The molecule has 0 atom stereocenters. The molecule has 0 aromatic carbocycles. The van der Waals surface area contributed by atoms with E-state index in [4.69, 9.17) is 5.73 Å². The Morgan fingerprint density at radius 1 is 1.35 bits per heavy atom. The third-order valence-electron chi connectivity index (χ3n) is 3.36. The normalized spacial score (nSPS) is 15.5. The van der Waals surface area contributed by atoms with Crippen LogP contribution in [-0.2, 0) is 16.6 Å². The fourth-order valence-corrected chi connectivity index (χ4v) is 3.64. The summed E-state index contributed by atoms with van der Waals surface area (Å²) in [6.45, 7) is 8.07. The summed E-state index contributed by atoms with van der Waals surface area (Å²) in [5.41, 5.74) is 6.57. The third-order valence-corrected chi connectivity index (χ3v) is 5.16. The summed E-state index contributed by atoms with van der Waals surface area (Å²) in [4.78, 5) is 0.300. The summed E-state index contributed by atoms with van der Waals surface area (Å²) in [5, 5.41) is 0. The van der Waals surface area contributed by atoms with Crippen LogP contribution in [0.3, 0.4) is 0 Å². The minimum atomic E-state index is -3.53. The number of hydrogen-bond acceptors (Lipinski definition) is 3. The Kier molecular flexibility index (Phi) is 4.47. The van der Waals surface area contributed by atoms with Gasteiger partial charge in [-0.3, -0.25) is 0 Å². The van der Waals surface area contributed by atoms with Crippen LogP contribution >= 0.6 is 0 Å². The van der Waals surface area contributed by atoms with Gasteiger partial charge in [0, 0.05) is 37.6 Å². The Morgan fingerprint density at radius 3 is 2.40 bits per heavy atom. The molecule has 0 saturated heterocycles. The molecule has 1 fully saturated rings. The SMILES string of the molecule is C=CCN(CC=C)S(=O)(=O)c1cc(CN)n(C2CC2)c1. The average Bonchev–Trinajstić information content (AvgIpc) is 3.17. The van der Waals surface area contributed by atoms with Crippen molar-refractivity contribution < 1.29 is 8.42 Å². The van der Waals surface area contributed by atoms with Crippen LogP contribution in [0.15, 0.2) is 42.5 Å². The van der Waals surface area contributed by atoms with Gasteiger partial charge in [-0.2, -0.15) is 4.31 Å². The fourth-order valence-electron chi connectivity index (χ4n) is 2.20. The largest absolute Gasteiger partial charge is 0.346 e. The van der Waals surface area contributed by atoms with Crippen LogP contribution in [0.4, 0.5) is 0 Å². The van der Waals surface area contributed by atoms with Crippen molar-refractivity contribution in [2.24, 2.45) is 5.73 Å². The Labute approximate surface area is 120 Å². The van der Waals surface area contributed by atoms with Gasteiger partial charge in [-0.05, 0) is 18.9 Å². The van der Waals surface area contributed by atoms with Crippen LogP contribution in [0.1, 0.15) is 24.6 Å². The first kappa shape index (κ1) is 15.0. The molecular weight excluding hydrogens is 274 g/mol. The van der Waals surface area contributed by atoms with E-state index in [0.29, 0.717) is 17.5 Å². The van der Waals surface area contributed by atoms with E-state index < -0.39 is 10.0 Å². The molecule has 5 nitrogen and oxygen atoms in total. The molecule has 1 heterocycles. The van der Waals surface area contributed by atoms with E-state index in [1.165, 1.54) is 4.31 Å². The van der Waals surface area contributed by atoms with Crippen LogP contribution < -0.4 is 5.73 Å². The van der Waals surface area contributed by atoms with Crippen molar-refractivity contribution in [3.8, 4) is 0 Å². The minimum Gasteiger partial charge on any atom is -0.346 e. The smallest absolute Gasteiger partial charge is 0.245 e. The summed E-state index contributed by atoms with van der Waals surface area (Å²) < 4.78 is 28.6. The fraction of sp³-hybridized carbons (Fsp3) is 0.429. The van der Waals surface area contributed by atoms with Gasteiger partial charge in [-0.25, -0.2) is 8.42 Å². The molecule has 6 heteroatoms. The molecule has 1 aromatic rings. The molecule has 110 valence electrons. The lowest BCUT2D eigenvalue weighted by molar-refractivity contribution is 0.474. The van der Waals surface area contributed by atoms with Gasteiger partial charge in [0.05, 0.1) is 0 Å². The molecular formula is C14H21N3O2S. The number of sulfonamides is 1. The Hall–Kier alpha value is -1.37. The van der Waals surface area contributed by atoms with Crippen LogP contribution in [0, 0.1) is 0 Å². The van der Waals surface area contributed by atoms with Gasteiger partial charge in [-0.15, -0.1) is 13.2 Å². The summed E-state index contributed by atoms with van der Waals surface area (Å²) in [6, 6.07) is 2.08. The van der Waals surface area contributed by atoms with Crippen molar-refractivity contribution in [3.63, 3.8) is 0 Å². The highest BCUT2D eigenvalue weighted by Crippen LogP contribution is 2.37. The van der Waals surface area contributed by atoms with Gasteiger partial charge < -0.3 is 10.3 Å². The molecule has 2 N–H and O–H groups in total. The second kappa shape index (κ2) is 5.95. The van der Waals surface area contributed by atoms with Crippen molar-refractivity contribution in [3.05, 3.63) is 43.3 Å². The Bertz CT molecular complexity index is 590. The van der Waals surface area contributed by atoms with Crippen LogP contribution in [0.5, 0.6) is 0 Å². The molecule has 0 spiro atoms. The van der Waals surface area contributed by atoms with Crippen molar-refractivity contribution in [2.75, 3.05) is 13.1 Å². The van der Waals surface area contributed by atoms with E-state index in [1.54, 1.807) is 24.4 Å². The number of nitrogens with zero attached hydrogens (tertiary/aromatic N) is 2. The zero-order valence-corrected chi connectivity index (χ0v) is 12.3. The first-order valence-corrected chi connectivity index (χ1v) is 8.11. The Morgan fingerprint density at radius 2 is 1.95 bits per heavy atom. The molecule has 0 unspecified atom stereocenters. The van der Waals surface area contributed by atoms with Gasteiger partial charge in [0.1, 0.15) is 4.90 Å². The first-order valence-electron chi connectivity index (χ1n) is 6.67. The van der Waals surface area contributed by atoms with E-state index >= 15 is 0 Å². The zero-order chi connectivity index (χ0) is 14.8. The lowest BCUT2D eigenvalue weighted by atomic mass is 10.4. The van der Waals surface area contributed by atoms with Crippen molar-refractivity contribution in [1.82, 2.24) is 8.87 Å². The molecule has 1 aliphatic rings. The van der Waals surface area contributed by atoms with Crippen LogP contribution in [0.25, 0.3) is 0 Å². The predicted octanol–water partition coefficient (Wildman–Crippen LogP) is 1.64. The molecule has 2 rings (SSSR count). The maximum atomic E-state index is 12.6. The molecule has 0 radical (unpaired) electrons. The van der Waals surface area contributed by atoms with Crippen LogP contribution in [0.2, 0.25) is 0 Å². The maximum absolute atomic E-state index is 12.6. The first-order chi connectivity index (χ1) is 9.54. The van der Waals surface area contributed by atoms with E-state index in [-0.39, 0.29) is 13.1 Å². The quantitative estimate of drug-likeness (QED) is 0.741. The van der Waals surface area contributed by atoms with Gasteiger partial charge in [0.25, 0.3) is 0 Å². The van der Waals surface area contributed by atoms with E-state index in [2.05, 4.69) is 13.2 Å². The zero-order valence-electron chi connectivity index (χ0n) is 11.5. The molecule has 0 aliphatic heterocycles. The highest BCUT2D eigenvalue weighted by molar-refractivity contribution is 7.89.